The lowest BCUT2D eigenvalue weighted by molar-refractivity contribution is 0.102. The molecule has 0 radical (unpaired) electrons. The second-order valence-corrected chi connectivity index (χ2v) is 6.06. The summed E-state index contributed by atoms with van der Waals surface area (Å²) in [5.41, 5.74) is 3.49. The first-order valence-corrected chi connectivity index (χ1v) is 7.79. The first-order valence-electron chi connectivity index (χ1n) is 7.00. The van der Waals surface area contributed by atoms with Crippen molar-refractivity contribution >= 4 is 27.8 Å². The molecule has 4 heteroatoms. The second kappa shape index (κ2) is 5.97. The molecule has 0 aliphatic heterocycles. The van der Waals surface area contributed by atoms with Gasteiger partial charge >= 0.3 is 0 Å². The quantitative estimate of drug-likeness (QED) is 0.810. The summed E-state index contributed by atoms with van der Waals surface area (Å²) in [6.07, 6.45) is 3.45. The number of methoxy groups -OCH3 is 1. The molecule has 3 nitrogen and oxygen atoms in total. The van der Waals surface area contributed by atoms with Crippen molar-refractivity contribution in [3.63, 3.8) is 0 Å². The number of phenolic OH excluding ortho intramolecular Hbond substituents is 1. The van der Waals surface area contributed by atoms with Crippen molar-refractivity contribution in [2.45, 2.75) is 12.8 Å². The van der Waals surface area contributed by atoms with E-state index in [2.05, 4.69) is 15.9 Å². The lowest BCUT2D eigenvalue weighted by Gasteiger charge is -2.17. The van der Waals surface area contributed by atoms with Crippen molar-refractivity contribution < 1.29 is 14.6 Å². The van der Waals surface area contributed by atoms with Crippen LogP contribution in [0.5, 0.6) is 11.5 Å². The van der Waals surface area contributed by atoms with E-state index in [0.29, 0.717) is 10.2 Å². The maximum Gasteiger partial charge on any atom is 0.189 e. The minimum absolute atomic E-state index is 0.0602. The summed E-state index contributed by atoms with van der Waals surface area (Å²) >= 11 is 3.30. The van der Waals surface area contributed by atoms with Gasteiger partial charge in [-0.25, -0.2) is 0 Å². The lowest BCUT2D eigenvalue weighted by atomic mass is 9.86. The highest BCUT2D eigenvalue weighted by molar-refractivity contribution is 9.10. The van der Waals surface area contributed by atoms with Crippen LogP contribution >= 0.6 is 15.9 Å². The molecule has 0 heterocycles. The molecular formula is C18H15BrO3. The molecule has 1 N–H and O–H groups in total. The molecule has 0 atom stereocenters. The average molecular weight is 359 g/mol. The number of aryl methyl sites for hydroxylation is 1. The molecule has 1 aliphatic carbocycles. The number of ketones is 1. The normalized spacial score (nSPS) is 15.7. The lowest BCUT2D eigenvalue weighted by Crippen LogP contribution is -2.13. The highest BCUT2D eigenvalue weighted by Gasteiger charge is 2.21. The van der Waals surface area contributed by atoms with Crippen LogP contribution in [0.3, 0.4) is 0 Å². The van der Waals surface area contributed by atoms with E-state index in [1.54, 1.807) is 12.1 Å². The number of fused-ring (bicyclic) bond motifs is 1. The third-order valence-corrected chi connectivity index (χ3v) is 4.43. The van der Waals surface area contributed by atoms with Crippen LogP contribution in [0.4, 0.5) is 0 Å². The number of aromatic hydroxyl groups is 1. The molecule has 22 heavy (non-hydrogen) atoms. The molecule has 0 fully saturated rings. The second-order valence-electron chi connectivity index (χ2n) is 5.21. The zero-order chi connectivity index (χ0) is 15.7. The average Bonchev–Trinajstić information content (AvgIpc) is 2.53. The molecular weight excluding hydrogens is 344 g/mol. The number of carbonyl (C=O) groups is 1. The highest BCUT2D eigenvalue weighted by atomic mass is 79.9. The molecule has 0 aromatic heterocycles. The minimum atomic E-state index is 0.0602. The van der Waals surface area contributed by atoms with Crippen molar-refractivity contribution in [1.29, 1.82) is 0 Å². The maximum absolute atomic E-state index is 12.6. The molecule has 0 bridgehead atoms. The summed E-state index contributed by atoms with van der Waals surface area (Å²) in [5.74, 6) is 0.514. The Morgan fingerprint density at radius 3 is 2.77 bits per heavy atom. The number of halogens is 1. The zero-order valence-corrected chi connectivity index (χ0v) is 13.7. The van der Waals surface area contributed by atoms with Gasteiger partial charge in [-0.05, 0) is 58.1 Å². The number of ether oxygens (including phenoxy) is 1. The zero-order valence-electron chi connectivity index (χ0n) is 12.1. The Hall–Kier alpha value is -2.07. The number of benzene rings is 2. The van der Waals surface area contributed by atoms with Crippen molar-refractivity contribution in [1.82, 2.24) is 0 Å². The van der Waals surface area contributed by atoms with Crippen LogP contribution in [-0.4, -0.2) is 18.0 Å². The summed E-state index contributed by atoms with van der Waals surface area (Å²) in [5, 5.41) is 9.85. The molecule has 0 saturated heterocycles. The number of hydrogen-bond acceptors (Lipinski definition) is 3. The Bertz CT molecular complexity index is 778. The largest absolute Gasteiger partial charge is 0.503 e. The monoisotopic (exact) mass is 358 g/mol. The van der Waals surface area contributed by atoms with Crippen LogP contribution < -0.4 is 4.74 Å². The number of rotatable bonds is 2. The van der Waals surface area contributed by atoms with Gasteiger partial charge in [-0.1, -0.05) is 24.3 Å². The van der Waals surface area contributed by atoms with E-state index in [1.807, 2.05) is 30.3 Å². The Balaban J connectivity index is 2.00. The molecule has 0 spiro atoms. The number of carbonyl (C=O) groups excluding carboxylic acids is 1. The Morgan fingerprint density at radius 2 is 2.00 bits per heavy atom. The first kappa shape index (κ1) is 14.9. The summed E-state index contributed by atoms with van der Waals surface area (Å²) in [6.45, 7) is 0. The van der Waals surface area contributed by atoms with Crippen LogP contribution in [-0.2, 0) is 6.42 Å². The van der Waals surface area contributed by atoms with Gasteiger partial charge in [0.05, 0.1) is 11.6 Å². The smallest absolute Gasteiger partial charge is 0.189 e. The molecule has 0 amide bonds. The summed E-state index contributed by atoms with van der Waals surface area (Å²) < 4.78 is 5.69. The topological polar surface area (TPSA) is 46.5 Å². The summed E-state index contributed by atoms with van der Waals surface area (Å²) in [7, 11) is 1.50. The molecule has 2 aromatic carbocycles. The van der Waals surface area contributed by atoms with Crippen LogP contribution in [0.25, 0.3) is 6.08 Å². The predicted molar refractivity (Wildman–Crippen MR) is 89.4 cm³/mol. The molecule has 0 saturated carbocycles. The van der Waals surface area contributed by atoms with E-state index in [1.165, 1.54) is 7.11 Å². The van der Waals surface area contributed by atoms with Gasteiger partial charge in [0.1, 0.15) is 0 Å². The van der Waals surface area contributed by atoms with Gasteiger partial charge in [-0.2, -0.15) is 0 Å². The Kier molecular flexibility index (Phi) is 4.03. The summed E-state index contributed by atoms with van der Waals surface area (Å²) in [4.78, 5) is 12.6. The Labute approximate surface area is 137 Å². The van der Waals surface area contributed by atoms with Crippen LogP contribution in [0.2, 0.25) is 0 Å². The van der Waals surface area contributed by atoms with Gasteiger partial charge in [0.15, 0.2) is 17.3 Å². The van der Waals surface area contributed by atoms with E-state index < -0.39 is 0 Å². The number of phenols is 1. The summed E-state index contributed by atoms with van der Waals surface area (Å²) in [6, 6.07) is 11.2. The van der Waals surface area contributed by atoms with E-state index >= 15 is 0 Å². The van der Waals surface area contributed by atoms with Crippen LogP contribution in [0.15, 0.2) is 46.4 Å². The van der Waals surface area contributed by atoms with Crippen molar-refractivity contribution in [2.75, 3.05) is 7.11 Å². The fourth-order valence-corrected chi connectivity index (χ4v) is 3.15. The Morgan fingerprint density at radius 1 is 1.23 bits per heavy atom. The third-order valence-electron chi connectivity index (χ3n) is 3.83. The number of hydrogen-bond donors (Lipinski definition) is 1. The molecule has 2 aromatic rings. The van der Waals surface area contributed by atoms with Crippen LogP contribution in [0.1, 0.15) is 27.9 Å². The molecule has 3 rings (SSSR count). The van der Waals surface area contributed by atoms with Crippen molar-refractivity contribution in [3.8, 4) is 11.5 Å². The van der Waals surface area contributed by atoms with Gasteiger partial charge in [-0.3, -0.25) is 4.79 Å². The maximum atomic E-state index is 12.6. The third kappa shape index (κ3) is 2.66. The fourth-order valence-electron chi connectivity index (χ4n) is 2.69. The van der Waals surface area contributed by atoms with E-state index in [-0.39, 0.29) is 11.5 Å². The number of Topliss-reactive ketones (excluding diaryl/α,β-unsaturated/α-hetero) is 1. The van der Waals surface area contributed by atoms with E-state index in [9.17, 15) is 9.90 Å². The standard InChI is InChI=1S/C18H15BrO3/c1-22-16-10-11(9-15(19)18(16)21)8-13-7-6-12-4-2-3-5-14(12)17(13)20/h2-5,8-10,21H,6-7H2,1H3. The highest BCUT2D eigenvalue weighted by Crippen LogP contribution is 2.36. The van der Waals surface area contributed by atoms with Gasteiger partial charge in [0, 0.05) is 11.1 Å². The van der Waals surface area contributed by atoms with Crippen molar-refractivity contribution in [2.24, 2.45) is 0 Å². The van der Waals surface area contributed by atoms with Gasteiger partial charge < -0.3 is 9.84 Å². The van der Waals surface area contributed by atoms with Crippen LogP contribution in [0, 0.1) is 0 Å². The van der Waals surface area contributed by atoms with Gasteiger partial charge in [0.25, 0.3) is 0 Å². The van der Waals surface area contributed by atoms with Gasteiger partial charge in [-0.15, -0.1) is 0 Å². The minimum Gasteiger partial charge on any atom is -0.503 e. The predicted octanol–water partition coefficient (Wildman–Crippen LogP) is 4.38. The van der Waals surface area contributed by atoms with Crippen molar-refractivity contribution in [3.05, 3.63) is 63.1 Å². The van der Waals surface area contributed by atoms with E-state index in [0.717, 1.165) is 35.1 Å². The first-order chi connectivity index (χ1) is 10.6. The molecule has 1 aliphatic rings. The van der Waals surface area contributed by atoms with E-state index in [4.69, 9.17) is 4.74 Å². The SMILES string of the molecule is COc1cc(C=C2CCc3ccccc3C2=O)cc(Br)c1O. The molecule has 0 unspecified atom stereocenters. The molecule has 112 valence electrons. The van der Waals surface area contributed by atoms with Gasteiger partial charge in [0.2, 0.25) is 0 Å². The fraction of sp³-hybridized carbons (Fsp3) is 0.167. The number of allylic oxidation sites excluding steroid dienone is 1.